The van der Waals surface area contributed by atoms with Gasteiger partial charge in [-0.05, 0) is 30.4 Å². The number of methoxy groups -OCH3 is 2. The topological polar surface area (TPSA) is 86.0 Å². The van der Waals surface area contributed by atoms with Crippen LogP contribution in [0.2, 0.25) is 0 Å². The van der Waals surface area contributed by atoms with Crippen LogP contribution in [0.1, 0.15) is 26.5 Å². The Labute approximate surface area is 126 Å². The third-order valence-electron chi connectivity index (χ3n) is 2.96. The van der Waals surface area contributed by atoms with E-state index in [0.717, 1.165) is 0 Å². The van der Waals surface area contributed by atoms with Crippen molar-refractivity contribution in [1.82, 2.24) is 0 Å². The summed E-state index contributed by atoms with van der Waals surface area (Å²) in [7, 11) is 2.74. The number of ether oxygens (including phenoxy) is 2. The average molecular weight is 302 g/mol. The molecule has 114 valence electrons. The summed E-state index contributed by atoms with van der Waals surface area (Å²) in [6.07, 6.45) is 4.27. The number of benzene rings is 1. The second-order valence-corrected chi connectivity index (χ2v) is 4.27. The Balaban J connectivity index is 2.42. The predicted molar refractivity (Wildman–Crippen MR) is 78.6 cm³/mol. The van der Waals surface area contributed by atoms with Gasteiger partial charge in [-0.25, -0.2) is 4.79 Å². The minimum absolute atomic E-state index is 0.113. The molecule has 0 fully saturated rings. The van der Waals surface area contributed by atoms with Crippen LogP contribution in [0.4, 0.5) is 0 Å². The van der Waals surface area contributed by atoms with E-state index in [4.69, 9.17) is 13.9 Å². The van der Waals surface area contributed by atoms with Crippen molar-refractivity contribution in [3.63, 3.8) is 0 Å². The highest BCUT2D eigenvalue weighted by Gasteiger charge is 2.19. The van der Waals surface area contributed by atoms with Crippen molar-refractivity contribution in [2.24, 2.45) is 0 Å². The molecule has 6 heteroatoms. The molecule has 1 aromatic carbocycles. The summed E-state index contributed by atoms with van der Waals surface area (Å²) in [5.74, 6) is -0.729. The normalized spacial score (nSPS) is 10.6. The lowest BCUT2D eigenvalue weighted by Crippen LogP contribution is -2.06. The fourth-order valence-electron chi connectivity index (χ4n) is 1.89. The van der Waals surface area contributed by atoms with Crippen LogP contribution in [-0.2, 0) is 0 Å². The molecule has 22 heavy (non-hydrogen) atoms. The van der Waals surface area contributed by atoms with Gasteiger partial charge in [0.1, 0.15) is 22.8 Å². The number of carbonyl (C=O) groups is 2. The first-order valence-electron chi connectivity index (χ1n) is 6.32. The molecular formula is C16H14O6. The van der Waals surface area contributed by atoms with Crippen LogP contribution in [0.3, 0.4) is 0 Å². The standard InChI is InChI=1S/C16H14O6/c1-20-14-9-15(21-2)12(16(18)19)8-11(14)13(17)6-5-10-4-3-7-22-10/h3-9H,1-2H3,(H,18,19). The summed E-state index contributed by atoms with van der Waals surface area (Å²) in [6, 6.07) is 5.99. The summed E-state index contributed by atoms with van der Waals surface area (Å²) < 4.78 is 15.2. The first-order valence-corrected chi connectivity index (χ1v) is 6.32. The fraction of sp³-hybridized carbons (Fsp3) is 0.125. The van der Waals surface area contributed by atoms with Crippen molar-refractivity contribution < 1.29 is 28.6 Å². The Morgan fingerprint density at radius 2 is 1.82 bits per heavy atom. The maximum Gasteiger partial charge on any atom is 0.339 e. The second kappa shape index (κ2) is 6.62. The second-order valence-electron chi connectivity index (χ2n) is 4.27. The van der Waals surface area contributed by atoms with Crippen molar-refractivity contribution in [2.45, 2.75) is 0 Å². The number of ketones is 1. The highest BCUT2D eigenvalue weighted by molar-refractivity contribution is 6.10. The molecule has 0 spiro atoms. The van der Waals surface area contributed by atoms with E-state index in [-0.39, 0.29) is 22.6 Å². The molecule has 0 aliphatic rings. The maximum absolute atomic E-state index is 12.3. The number of carboxylic acid groups (broad SMARTS) is 1. The van der Waals surface area contributed by atoms with Crippen LogP contribution in [0.15, 0.2) is 41.0 Å². The molecule has 0 amide bonds. The minimum Gasteiger partial charge on any atom is -0.496 e. The van der Waals surface area contributed by atoms with Crippen LogP contribution in [-0.4, -0.2) is 31.1 Å². The number of allylic oxidation sites excluding steroid dienone is 1. The minimum atomic E-state index is -1.19. The van der Waals surface area contributed by atoms with Gasteiger partial charge < -0.3 is 19.0 Å². The van der Waals surface area contributed by atoms with Gasteiger partial charge in [0.25, 0.3) is 0 Å². The van der Waals surface area contributed by atoms with E-state index in [9.17, 15) is 14.7 Å². The smallest absolute Gasteiger partial charge is 0.339 e. The number of carboxylic acids is 1. The highest BCUT2D eigenvalue weighted by Crippen LogP contribution is 2.29. The monoisotopic (exact) mass is 302 g/mol. The largest absolute Gasteiger partial charge is 0.496 e. The van der Waals surface area contributed by atoms with Gasteiger partial charge in [0.2, 0.25) is 0 Å². The zero-order valence-corrected chi connectivity index (χ0v) is 12.0. The van der Waals surface area contributed by atoms with Crippen LogP contribution < -0.4 is 9.47 Å². The van der Waals surface area contributed by atoms with Gasteiger partial charge in [-0.3, -0.25) is 4.79 Å². The van der Waals surface area contributed by atoms with E-state index >= 15 is 0 Å². The first-order chi connectivity index (χ1) is 10.6. The molecule has 0 aliphatic heterocycles. The summed E-state index contributed by atoms with van der Waals surface area (Å²) >= 11 is 0. The highest BCUT2D eigenvalue weighted by atomic mass is 16.5. The van der Waals surface area contributed by atoms with E-state index in [1.807, 2.05) is 0 Å². The third kappa shape index (κ3) is 3.17. The molecule has 0 aliphatic carbocycles. The molecular weight excluding hydrogens is 288 g/mol. The van der Waals surface area contributed by atoms with Crippen LogP contribution in [0.25, 0.3) is 6.08 Å². The number of rotatable bonds is 6. The van der Waals surface area contributed by atoms with Gasteiger partial charge in [0.15, 0.2) is 5.78 Å². The van der Waals surface area contributed by atoms with Gasteiger partial charge in [-0.1, -0.05) is 0 Å². The zero-order valence-electron chi connectivity index (χ0n) is 12.0. The van der Waals surface area contributed by atoms with Crippen LogP contribution in [0.5, 0.6) is 11.5 Å². The molecule has 0 radical (unpaired) electrons. The molecule has 0 saturated heterocycles. The number of hydrogen-bond donors (Lipinski definition) is 1. The molecule has 0 bridgehead atoms. The Kier molecular flexibility index (Phi) is 4.63. The van der Waals surface area contributed by atoms with Crippen molar-refractivity contribution in [3.8, 4) is 11.5 Å². The van der Waals surface area contributed by atoms with E-state index in [2.05, 4.69) is 0 Å². The summed E-state index contributed by atoms with van der Waals surface area (Å²) in [5.41, 5.74) is 0.0153. The number of furan rings is 1. The van der Waals surface area contributed by atoms with E-state index < -0.39 is 11.8 Å². The molecule has 1 N–H and O–H groups in total. The van der Waals surface area contributed by atoms with E-state index in [0.29, 0.717) is 5.76 Å². The van der Waals surface area contributed by atoms with E-state index in [1.165, 1.54) is 44.8 Å². The number of hydrogen-bond acceptors (Lipinski definition) is 5. The molecule has 0 atom stereocenters. The molecule has 1 aromatic heterocycles. The lowest BCUT2D eigenvalue weighted by atomic mass is 10.0. The van der Waals surface area contributed by atoms with E-state index in [1.54, 1.807) is 12.1 Å². The zero-order chi connectivity index (χ0) is 16.1. The Morgan fingerprint density at radius 3 is 2.36 bits per heavy atom. The fourth-order valence-corrected chi connectivity index (χ4v) is 1.89. The van der Waals surface area contributed by atoms with Crippen molar-refractivity contribution in [1.29, 1.82) is 0 Å². The van der Waals surface area contributed by atoms with Crippen LogP contribution >= 0.6 is 0 Å². The molecule has 2 rings (SSSR count). The van der Waals surface area contributed by atoms with Crippen molar-refractivity contribution in [3.05, 3.63) is 53.5 Å². The van der Waals surface area contributed by atoms with Crippen molar-refractivity contribution in [2.75, 3.05) is 14.2 Å². The molecule has 1 heterocycles. The first kappa shape index (κ1) is 15.4. The van der Waals surface area contributed by atoms with Crippen LogP contribution in [0, 0.1) is 0 Å². The number of carbonyl (C=O) groups excluding carboxylic acids is 1. The SMILES string of the molecule is COc1cc(OC)c(C(=O)C=Cc2ccco2)cc1C(=O)O. The molecule has 0 unspecified atom stereocenters. The molecule has 6 nitrogen and oxygen atoms in total. The lowest BCUT2D eigenvalue weighted by molar-refractivity contribution is 0.0693. The van der Waals surface area contributed by atoms with Crippen molar-refractivity contribution >= 4 is 17.8 Å². The third-order valence-corrected chi connectivity index (χ3v) is 2.96. The van der Waals surface area contributed by atoms with Gasteiger partial charge in [-0.15, -0.1) is 0 Å². The average Bonchev–Trinajstić information content (AvgIpc) is 3.04. The maximum atomic E-state index is 12.3. The number of aromatic carboxylic acids is 1. The van der Waals surface area contributed by atoms with Gasteiger partial charge in [0, 0.05) is 6.07 Å². The molecule has 0 saturated carbocycles. The summed E-state index contributed by atoms with van der Waals surface area (Å²) in [4.78, 5) is 23.5. The summed E-state index contributed by atoms with van der Waals surface area (Å²) in [6.45, 7) is 0. The predicted octanol–water partition coefficient (Wildman–Crippen LogP) is 2.89. The summed E-state index contributed by atoms with van der Waals surface area (Å²) in [5, 5.41) is 9.18. The van der Waals surface area contributed by atoms with Gasteiger partial charge >= 0.3 is 5.97 Å². The Hall–Kier alpha value is -3.02. The Bertz CT molecular complexity index is 712. The Morgan fingerprint density at radius 1 is 1.14 bits per heavy atom. The lowest BCUT2D eigenvalue weighted by Gasteiger charge is -2.11. The van der Waals surface area contributed by atoms with Gasteiger partial charge in [0.05, 0.1) is 26.0 Å². The van der Waals surface area contributed by atoms with Gasteiger partial charge in [-0.2, -0.15) is 0 Å². The quantitative estimate of drug-likeness (QED) is 0.652. The molecule has 2 aromatic rings.